The van der Waals surface area contributed by atoms with E-state index in [2.05, 4.69) is 27.8 Å². The minimum absolute atomic E-state index is 0.929. The van der Waals surface area contributed by atoms with Gasteiger partial charge in [0.25, 0.3) is 0 Å². The van der Waals surface area contributed by atoms with Crippen LogP contribution in [0.1, 0.15) is 25.0 Å². The standard InChI is InChI=1S/C14H23N3/c1-2-8-17-14(3-1)7-12-16-11-6-13-4-9-15-10-5-13/h1-3,8,13,15-16H,4-7,9-12H2. The number of piperidine rings is 1. The maximum atomic E-state index is 4.32. The van der Waals surface area contributed by atoms with Crippen LogP contribution in [0.5, 0.6) is 0 Å². The fourth-order valence-corrected chi connectivity index (χ4v) is 2.36. The summed E-state index contributed by atoms with van der Waals surface area (Å²) in [6.45, 7) is 4.61. The van der Waals surface area contributed by atoms with Gasteiger partial charge in [-0.1, -0.05) is 6.07 Å². The highest BCUT2D eigenvalue weighted by molar-refractivity contribution is 5.03. The summed E-state index contributed by atoms with van der Waals surface area (Å²) >= 11 is 0. The third kappa shape index (κ3) is 4.84. The highest BCUT2D eigenvalue weighted by Gasteiger charge is 2.11. The van der Waals surface area contributed by atoms with Crippen LogP contribution in [0.4, 0.5) is 0 Å². The second kappa shape index (κ2) is 7.41. The van der Waals surface area contributed by atoms with Crippen LogP contribution in [-0.2, 0) is 6.42 Å². The van der Waals surface area contributed by atoms with E-state index >= 15 is 0 Å². The van der Waals surface area contributed by atoms with Crippen LogP contribution in [-0.4, -0.2) is 31.2 Å². The van der Waals surface area contributed by atoms with Crippen molar-refractivity contribution in [3.8, 4) is 0 Å². The Morgan fingerprint density at radius 2 is 2.12 bits per heavy atom. The lowest BCUT2D eigenvalue weighted by Crippen LogP contribution is -2.30. The lowest BCUT2D eigenvalue weighted by atomic mass is 9.95. The van der Waals surface area contributed by atoms with Crippen molar-refractivity contribution in [3.05, 3.63) is 30.1 Å². The molecule has 1 aromatic heterocycles. The van der Waals surface area contributed by atoms with E-state index in [1.54, 1.807) is 0 Å². The van der Waals surface area contributed by atoms with E-state index in [0.29, 0.717) is 0 Å². The van der Waals surface area contributed by atoms with Crippen LogP contribution in [0.3, 0.4) is 0 Å². The van der Waals surface area contributed by atoms with Gasteiger partial charge in [0, 0.05) is 24.9 Å². The lowest BCUT2D eigenvalue weighted by molar-refractivity contribution is 0.349. The second-order valence-corrected chi connectivity index (χ2v) is 4.80. The Morgan fingerprint density at radius 1 is 1.24 bits per heavy atom. The Hall–Kier alpha value is -0.930. The van der Waals surface area contributed by atoms with Gasteiger partial charge < -0.3 is 10.6 Å². The normalized spacial score (nSPS) is 17.2. The molecular formula is C14H23N3. The lowest BCUT2D eigenvalue weighted by Gasteiger charge is -2.22. The Morgan fingerprint density at radius 3 is 2.88 bits per heavy atom. The van der Waals surface area contributed by atoms with Gasteiger partial charge in [-0.15, -0.1) is 0 Å². The smallest absolute Gasteiger partial charge is 0.0416 e. The van der Waals surface area contributed by atoms with Gasteiger partial charge in [0.2, 0.25) is 0 Å². The number of hydrogen-bond acceptors (Lipinski definition) is 3. The topological polar surface area (TPSA) is 37.0 Å². The molecule has 0 aromatic carbocycles. The molecule has 2 N–H and O–H groups in total. The van der Waals surface area contributed by atoms with E-state index in [9.17, 15) is 0 Å². The predicted octanol–water partition coefficient (Wildman–Crippen LogP) is 1.60. The third-order valence-electron chi connectivity index (χ3n) is 3.47. The van der Waals surface area contributed by atoms with Crippen LogP contribution in [0.2, 0.25) is 0 Å². The van der Waals surface area contributed by atoms with Gasteiger partial charge in [-0.25, -0.2) is 0 Å². The van der Waals surface area contributed by atoms with E-state index in [1.807, 2.05) is 12.3 Å². The van der Waals surface area contributed by atoms with Gasteiger partial charge in [-0.3, -0.25) is 4.98 Å². The number of aromatic nitrogens is 1. The Bertz CT molecular complexity index is 294. The first kappa shape index (κ1) is 12.5. The van der Waals surface area contributed by atoms with Crippen molar-refractivity contribution in [3.63, 3.8) is 0 Å². The van der Waals surface area contributed by atoms with Crippen molar-refractivity contribution in [2.45, 2.75) is 25.7 Å². The van der Waals surface area contributed by atoms with Crippen molar-refractivity contribution in [1.82, 2.24) is 15.6 Å². The molecule has 2 heterocycles. The fourth-order valence-electron chi connectivity index (χ4n) is 2.36. The Labute approximate surface area is 104 Å². The molecule has 0 aliphatic carbocycles. The van der Waals surface area contributed by atoms with Crippen LogP contribution in [0, 0.1) is 5.92 Å². The Kier molecular flexibility index (Phi) is 5.46. The SMILES string of the molecule is c1ccc(CCNCCC2CCNCC2)nc1. The monoisotopic (exact) mass is 233 g/mol. The summed E-state index contributed by atoms with van der Waals surface area (Å²) in [5, 5.41) is 6.93. The zero-order valence-electron chi connectivity index (χ0n) is 10.5. The molecule has 17 heavy (non-hydrogen) atoms. The second-order valence-electron chi connectivity index (χ2n) is 4.80. The summed E-state index contributed by atoms with van der Waals surface area (Å²) in [5.41, 5.74) is 1.18. The first-order chi connectivity index (χ1) is 8.45. The van der Waals surface area contributed by atoms with Gasteiger partial charge >= 0.3 is 0 Å². The van der Waals surface area contributed by atoms with E-state index in [1.165, 1.54) is 38.0 Å². The molecule has 1 fully saturated rings. The minimum atomic E-state index is 0.929. The summed E-state index contributed by atoms with van der Waals surface area (Å²) in [4.78, 5) is 4.32. The molecule has 0 amide bonds. The molecule has 0 spiro atoms. The maximum Gasteiger partial charge on any atom is 0.0416 e. The number of hydrogen-bond donors (Lipinski definition) is 2. The van der Waals surface area contributed by atoms with Crippen molar-refractivity contribution in [2.24, 2.45) is 5.92 Å². The zero-order chi connectivity index (χ0) is 11.8. The highest BCUT2D eigenvalue weighted by Crippen LogP contribution is 2.14. The molecule has 0 atom stereocenters. The average Bonchev–Trinajstić information content (AvgIpc) is 2.41. The van der Waals surface area contributed by atoms with E-state index < -0.39 is 0 Å². The van der Waals surface area contributed by atoms with Gasteiger partial charge in [-0.05, 0) is 56.9 Å². The van der Waals surface area contributed by atoms with Crippen molar-refractivity contribution >= 4 is 0 Å². The van der Waals surface area contributed by atoms with E-state index in [-0.39, 0.29) is 0 Å². The molecule has 1 aliphatic rings. The van der Waals surface area contributed by atoms with Gasteiger partial charge in [0.1, 0.15) is 0 Å². The molecule has 3 nitrogen and oxygen atoms in total. The predicted molar refractivity (Wildman–Crippen MR) is 71.0 cm³/mol. The summed E-state index contributed by atoms with van der Waals surface area (Å²) in [7, 11) is 0. The fraction of sp³-hybridized carbons (Fsp3) is 0.643. The molecule has 0 radical (unpaired) electrons. The zero-order valence-corrected chi connectivity index (χ0v) is 10.5. The number of pyridine rings is 1. The summed E-state index contributed by atoms with van der Waals surface area (Å²) in [6, 6.07) is 6.11. The number of nitrogens with zero attached hydrogens (tertiary/aromatic N) is 1. The first-order valence-electron chi connectivity index (χ1n) is 6.76. The highest BCUT2D eigenvalue weighted by atomic mass is 14.9. The summed E-state index contributed by atoms with van der Waals surface area (Å²) in [6.07, 6.45) is 6.92. The van der Waals surface area contributed by atoms with Crippen LogP contribution < -0.4 is 10.6 Å². The molecule has 0 unspecified atom stereocenters. The molecule has 0 saturated carbocycles. The van der Waals surface area contributed by atoms with Crippen LogP contribution in [0.15, 0.2) is 24.4 Å². The molecular weight excluding hydrogens is 210 g/mol. The van der Waals surface area contributed by atoms with Gasteiger partial charge in [0.05, 0.1) is 0 Å². The molecule has 3 heteroatoms. The number of nitrogens with one attached hydrogen (secondary N) is 2. The minimum Gasteiger partial charge on any atom is -0.317 e. The van der Waals surface area contributed by atoms with Crippen LogP contribution in [0.25, 0.3) is 0 Å². The van der Waals surface area contributed by atoms with Gasteiger partial charge in [-0.2, -0.15) is 0 Å². The van der Waals surface area contributed by atoms with Gasteiger partial charge in [0.15, 0.2) is 0 Å². The summed E-state index contributed by atoms with van der Waals surface area (Å²) in [5.74, 6) is 0.929. The molecule has 1 aromatic rings. The van der Waals surface area contributed by atoms with E-state index in [0.717, 1.165) is 25.4 Å². The first-order valence-corrected chi connectivity index (χ1v) is 6.76. The third-order valence-corrected chi connectivity index (χ3v) is 3.47. The Balaban J connectivity index is 1.51. The van der Waals surface area contributed by atoms with Crippen molar-refractivity contribution < 1.29 is 0 Å². The van der Waals surface area contributed by atoms with Crippen molar-refractivity contribution in [1.29, 1.82) is 0 Å². The quantitative estimate of drug-likeness (QED) is 0.733. The molecule has 1 aliphatic heterocycles. The molecule has 2 rings (SSSR count). The summed E-state index contributed by atoms with van der Waals surface area (Å²) < 4.78 is 0. The van der Waals surface area contributed by atoms with Crippen molar-refractivity contribution in [2.75, 3.05) is 26.2 Å². The maximum absolute atomic E-state index is 4.32. The largest absolute Gasteiger partial charge is 0.317 e. The average molecular weight is 233 g/mol. The molecule has 1 saturated heterocycles. The number of rotatable bonds is 6. The van der Waals surface area contributed by atoms with E-state index in [4.69, 9.17) is 0 Å². The van der Waals surface area contributed by atoms with Crippen LogP contribution >= 0.6 is 0 Å². The molecule has 0 bridgehead atoms. The molecule has 94 valence electrons.